The van der Waals surface area contributed by atoms with Crippen LogP contribution in [0.5, 0.6) is 0 Å². The van der Waals surface area contributed by atoms with Gasteiger partial charge in [-0.25, -0.2) is 4.79 Å². The molecular weight excluding hydrogens is 376 g/mol. The van der Waals surface area contributed by atoms with Crippen LogP contribution >= 0.6 is 23.4 Å². The van der Waals surface area contributed by atoms with Crippen molar-refractivity contribution in [2.75, 3.05) is 12.4 Å². The summed E-state index contributed by atoms with van der Waals surface area (Å²) in [6.07, 6.45) is 0. The van der Waals surface area contributed by atoms with E-state index in [1.165, 1.54) is 23.9 Å². The summed E-state index contributed by atoms with van der Waals surface area (Å²) in [4.78, 5) is 36.5. The van der Waals surface area contributed by atoms with Crippen molar-refractivity contribution < 1.29 is 19.1 Å². The molecule has 0 atom stereocenters. The van der Waals surface area contributed by atoms with Crippen molar-refractivity contribution in [3.8, 4) is 0 Å². The van der Waals surface area contributed by atoms with Gasteiger partial charge >= 0.3 is 5.97 Å². The summed E-state index contributed by atoms with van der Waals surface area (Å²) in [5.74, 6) is -0.949. The zero-order chi connectivity index (χ0) is 18.9. The fourth-order valence-corrected chi connectivity index (χ4v) is 2.88. The Morgan fingerprint density at radius 2 is 1.73 bits per heavy atom. The summed E-state index contributed by atoms with van der Waals surface area (Å²) in [5, 5.41) is 0.499. The van der Waals surface area contributed by atoms with Crippen LogP contribution in [0.4, 0.5) is 0 Å². The first-order valence-corrected chi connectivity index (χ1v) is 9.11. The number of hydrazine groups is 1. The molecule has 0 fully saturated rings. The highest BCUT2D eigenvalue weighted by Gasteiger charge is 2.14. The number of carbonyl (C=O) groups is 3. The van der Waals surface area contributed by atoms with Crippen molar-refractivity contribution >= 4 is 41.1 Å². The van der Waals surface area contributed by atoms with E-state index in [1.807, 2.05) is 19.1 Å². The van der Waals surface area contributed by atoms with Gasteiger partial charge in [0.15, 0.2) is 6.61 Å². The fraction of sp³-hybridized carbons (Fsp3) is 0.167. The second kappa shape index (κ2) is 9.84. The Morgan fingerprint density at radius 1 is 1.04 bits per heavy atom. The Hall–Kier alpha value is -2.51. The lowest BCUT2D eigenvalue weighted by atomic mass is 10.2. The van der Waals surface area contributed by atoms with E-state index in [0.717, 1.165) is 10.6 Å². The lowest BCUT2D eigenvalue weighted by Gasteiger charge is -2.10. The van der Waals surface area contributed by atoms with Crippen LogP contribution in [0.2, 0.25) is 5.02 Å². The van der Waals surface area contributed by atoms with Crippen LogP contribution in [-0.2, 0) is 9.53 Å². The van der Waals surface area contributed by atoms with Gasteiger partial charge in [0.05, 0.1) is 5.56 Å². The van der Waals surface area contributed by atoms with Crippen molar-refractivity contribution in [2.45, 2.75) is 11.8 Å². The number of nitrogens with one attached hydrogen (secondary N) is 2. The van der Waals surface area contributed by atoms with E-state index in [4.69, 9.17) is 16.3 Å². The molecule has 8 heteroatoms. The Balaban J connectivity index is 1.82. The van der Waals surface area contributed by atoms with E-state index < -0.39 is 24.4 Å². The minimum atomic E-state index is -0.652. The first-order chi connectivity index (χ1) is 12.5. The topological polar surface area (TPSA) is 84.5 Å². The lowest BCUT2D eigenvalue weighted by molar-refractivity contribution is -0.125. The summed E-state index contributed by atoms with van der Waals surface area (Å²) in [7, 11) is 0. The summed E-state index contributed by atoms with van der Waals surface area (Å²) < 4.78 is 5.00. The first-order valence-electron chi connectivity index (χ1n) is 7.75. The summed E-state index contributed by atoms with van der Waals surface area (Å²) in [6, 6.07) is 13.2. The summed E-state index contributed by atoms with van der Waals surface area (Å²) in [5.41, 5.74) is 5.16. The van der Waals surface area contributed by atoms with Gasteiger partial charge in [0, 0.05) is 15.5 Å². The monoisotopic (exact) mass is 392 g/mol. The second-order valence-electron chi connectivity index (χ2n) is 5.01. The van der Waals surface area contributed by atoms with E-state index in [9.17, 15) is 14.4 Å². The predicted molar refractivity (Wildman–Crippen MR) is 100 cm³/mol. The molecule has 136 valence electrons. The van der Waals surface area contributed by atoms with Crippen molar-refractivity contribution in [3.63, 3.8) is 0 Å². The van der Waals surface area contributed by atoms with Crippen molar-refractivity contribution in [2.24, 2.45) is 0 Å². The maximum absolute atomic E-state index is 12.1. The van der Waals surface area contributed by atoms with E-state index in [0.29, 0.717) is 16.1 Å². The number of rotatable bonds is 6. The zero-order valence-electron chi connectivity index (χ0n) is 14.0. The third-order valence-corrected chi connectivity index (χ3v) is 4.37. The summed E-state index contributed by atoms with van der Waals surface area (Å²) >= 11 is 7.25. The van der Waals surface area contributed by atoms with Crippen molar-refractivity contribution in [1.82, 2.24) is 10.9 Å². The van der Waals surface area contributed by atoms with Gasteiger partial charge in [-0.15, -0.1) is 11.8 Å². The molecule has 0 radical (unpaired) electrons. The van der Waals surface area contributed by atoms with E-state index >= 15 is 0 Å². The maximum atomic E-state index is 12.1. The van der Waals surface area contributed by atoms with Crippen LogP contribution in [0.3, 0.4) is 0 Å². The zero-order valence-corrected chi connectivity index (χ0v) is 15.5. The Bertz CT molecular complexity index is 796. The van der Waals surface area contributed by atoms with Crippen molar-refractivity contribution in [1.29, 1.82) is 0 Å². The Morgan fingerprint density at radius 3 is 2.42 bits per heavy atom. The van der Waals surface area contributed by atoms with Gasteiger partial charge in [0.1, 0.15) is 0 Å². The average molecular weight is 393 g/mol. The molecule has 2 aromatic rings. The molecule has 0 saturated heterocycles. The molecule has 2 rings (SSSR count). The standard InChI is InChI=1S/C18H17ClN2O4S/c1-2-26-15-6-4-3-5-14(15)18(24)25-11-16(22)20-21-17(23)12-7-9-13(19)10-8-12/h3-10H,2,11H2,1H3,(H,20,22)(H,21,23). The number of hydrogen-bond donors (Lipinski definition) is 2. The number of benzene rings is 2. The van der Waals surface area contributed by atoms with Gasteiger partial charge in [-0.2, -0.15) is 0 Å². The van der Waals surface area contributed by atoms with Gasteiger partial charge < -0.3 is 4.74 Å². The first kappa shape index (κ1) is 19.8. The molecule has 2 aromatic carbocycles. The molecule has 0 aliphatic rings. The molecule has 0 bridgehead atoms. The average Bonchev–Trinajstić information content (AvgIpc) is 2.65. The highest BCUT2D eigenvalue weighted by Crippen LogP contribution is 2.22. The smallest absolute Gasteiger partial charge is 0.339 e. The molecule has 2 amide bonds. The summed E-state index contributed by atoms with van der Waals surface area (Å²) in [6.45, 7) is 1.47. The van der Waals surface area contributed by atoms with Gasteiger partial charge in [-0.3, -0.25) is 20.4 Å². The SMILES string of the molecule is CCSc1ccccc1C(=O)OCC(=O)NNC(=O)c1ccc(Cl)cc1. The highest BCUT2D eigenvalue weighted by molar-refractivity contribution is 7.99. The molecule has 0 saturated carbocycles. The number of amides is 2. The lowest BCUT2D eigenvalue weighted by Crippen LogP contribution is -2.43. The van der Waals surface area contributed by atoms with Gasteiger partial charge in [0.25, 0.3) is 11.8 Å². The van der Waals surface area contributed by atoms with Gasteiger partial charge in [0.2, 0.25) is 0 Å². The second-order valence-corrected chi connectivity index (χ2v) is 6.76. The number of carbonyl (C=O) groups excluding carboxylic acids is 3. The number of halogens is 1. The van der Waals surface area contributed by atoms with Crippen LogP contribution in [0.1, 0.15) is 27.6 Å². The largest absolute Gasteiger partial charge is 0.452 e. The van der Waals surface area contributed by atoms with Gasteiger partial charge in [-0.05, 0) is 42.2 Å². The molecule has 2 N–H and O–H groups in total. The molecule has 0 heterocycles. The molecule has 0 spiro atoms. The van der Waals surface area contributed by atoms with E-state index in [-0.39, 0.29) is 0 Å². The molecule has 0 unspecified atom stereocenters. The molecule has 6 nitrogen and oxygen atoms in total. The molecule has 0 aliphatic heterocycles. The van der Waals surface area contributed by atoms with Gasteiger partial charge in [-0.1, -0.05) is 30.7 Å². The van der Waals surface area contributed by atoms with Crippen LogP contribution < -0.4 is 10.9 Å². The predicted octanol–water partition coefficient (Wildman–Crippen LogP) is 3.07. The molecule has 0 aliphatic carbocycles. The van der Waals surface area contributed by atoms with E-state index in [2.05, 4.69) is 10.9 Å². The number of hydrogen-bond acceptors (Lipinski definition) is 5. The van der Waals surface area contributed by atoms with E-state index in [1.54, 1.807) is 24.3 Å². The normalized spacial score (nSPS) is 10.1. The minimum absolute atomic E-state index is 0.331. The molecule has 26 heavy (non-hydrogen) atoms. The number of thioether (sulfide) groups is 1. The van der Waals surface area contributed by atoms with Crippen molar-refractivity contribution in [3.05, 3.63) is 64.7 Å². The van der Waals surface area contributed by atoms with Crippen LogP contribution in [-0.4, -0.2) is 30.1 Å². The quantitative estimate of drug-likeness (QED) is 0.448. The minimum Gasteiger partial charge on any atom is -0.452 e. The third kappa shape index (κ3) is 5.79. The Labute approximate surface area is 160 Å². The van der Waals surface area contributed by atoms with Crippen LogP contribution in [0.25, 0.3) is 0 Å². The molecular formula is C18H17ClN2O4S. The molecule has 0 aromatic heterocycles. The third-order valence-electron chi connectivity index (χ3n) is 3.16. The number of ether oxygens (including phenoxy) is 1. The van der Waals surface area contributed by atoms with Crippen LogP contribution in [0.15, 0.2) is 53.4 Å². The maximum Gasteiger partial charge on any atom is 0.339 e. The Kier molecular flexibility index (Phi) is 7.50. The fourth-order valence-electron chi connectivity index (χ4n) is 1.96. The highest BCUT2D eigenvalue weighted by atomic mass is 35.5. The number of esters is 1. The van der Waals surface area contributed by atoms with Crippen LogP contribution in [0, 0.1) is 0 Å².